The minimum absolute atomic E-state index is 0.00101. The van der Waals surface area contributed by atoms with Crippen LogP contribution in [0.4, 0.5) is 5.82 Å². The molecule has 0 aliphatic heterocycles. The Labute approximate surface area is 153 Å². The number of aromatic nitrogens is 3. The van der Waals surface area contributed by atoms with Gasteiger partial charge in [0.05, 0.1) is 11.4 Å². The molecule has 0 saturated heterocycles. The largest absolute Gasteiger partial charge is 0.355 e. The molecular formula is C18H21N5O2S. The van der Waals surface area contributed by atoms with Gasteiger partial charge in [-0.2, -0.15) is 5.10 Å². The average molecular weight is 371 g/mol. The molecule has 0 amide bonds. The molecule has 26 heavy (non-hydrogen) atoms. The molecular weight excluding hydrogens is 350 g/mol. The van der Waals surface area contributed by atoms with Crippen molar-refractivity contribution in [1.82, 2.24) is 14.8 Å². The van der Waals surface area contributed by atoms with Crippen LogP contribution in [0.3, 0.4) is 0 Å². The van der Waals surface area contributed by atoms with Crippen LogP contribution in [-0.4, -0.2) is 30.2 Å². The summed E-state index contributed by atoms with van der Waals surface area (Å²) >= 11 is 0. The summed E-state index contributed by atoms with van der Waals surface area (Å²) in [4.78, 5) is 6.15. The molecule has 8 heteroatoms. The monoisotopic (exact) mass is 371 g/mol. The van der Waals surface area contributed by atoms with E-state index in [1.165, 1.54) is 12.3 Å². The summed E-state index contributed by atoms with van der Waals surface area (Å²) in [7, 11) is -1.84. The quantitative estimate of drug-likeness (QED) is 0.742. The first-order valence-corrected chi connectivity index (χ1v) is 9.62. The maximum absolute atomic E-state index is 11.3. The number of aryl methyl sites for hydroxylation is 1. The lowest BCUT2D eigenvalue weighted by Gasteiger charge is -2.18. The van der Waals surface area contributed by atoms with Gasteiger partial charge in [-0.25, -0.2) is 23.2 Å². The van der Waals surface area contributed by atoms with Gasteiger partial charge >= 0.3 is 0 Å². The molecule has 0 atom stereocenters. The summed E-state index contributed by atoms with van der Waals surface area (Å²) in [5.41, 5.74) is 4.12. The fourth-order valence-corrected chi connectivity index (χ4v) is 3.27. The van der Waals surface area contributed by atoms with E-state index in [2.05, 4.69) is 10.1 Å². The standard InChI is InChI=1S/C18H21N5O2S/c1-13-17(14(2)23(21-13)15-7-5-4-6-8-15)12-22(3)18-10-9-16(11-20-18)26(19,24)25/h4-11H,12H2,1-3H3,(H2,19,24,25). The number of rotatable bonds is 5. The van der Waals surface area contributed by atoms with Crippen LogP contribution in [0, 0.1) is 13.8 Å². The highest BCUT2D eigenvalue weighted by Crippen LogP contribution is 2.21. The van der Waals surface area contributed by atoms with Crippen molar-refractivity contribution < 1.29 is 8.42 Å². The van der Waals surface area contributed by atoms with Gasteiger partial charge in [0.2, 0.25) is 10.0 Å². The zero-order valence-electron chi connectivity index (χ0n) is 14.9. The van der Waals surface area contributed by atoms with Crippen LogP contribution < -0.4 is 10.0 Å². The molecule has 3 rings (SSSR count). The predicted molar refractivity (Wildman–Crippen MR) is 101 cm³/mol. The van der Waals surface area contributed by atoms with E-state index in [1.54, 1.807) is 6.07 Å². The SMILES string of the molecule is Cc1nn(-c2ccccc2)c(C)c1CN(C)c1ccc(S(N)(=O)=O)cn1. The third-order valence-corrected chi connectivity index (χ3v) is 5.18. The van der Waals surface area contributed by atoms with Crippen LogP contribution in [0.2, 0.25) is 0 Å². The number of nitrogens with two attached hydrogens (primary N) is 1. The molecule has 2 heterocycles. The Hall–Kier alpha value is -2.71. The van der Waals surface area contributed by atoms with Crippen molar-refractivity contribution in [2.45, 2.75) is 25.3 Å². The molecule has 2 aromatic heterocycles. The lowest BCUT2D eigenvalue weighted by Crippen LogP contribution is -2.19. The van der Waals surface area contributed by atoms with Gasteiger partial charge in [-0.1, -0.05) is 18.2 Å². The van der Waals surface area contributed by atoms with Gasteiger partial charge in [-0.3, -0.25) is 0 Å². The Bertz CT molecular complexity index is 1010. The lowest BCUT2D eigenvalue weighted by molar-refractivity contribution is 0.597. The van der Waals surface area contributed by atoms with Gasteiger partial charge in [-0.05, 0) is 38.1 Å². The second-order valence-electron chi connectivity index (χ2n) is 6.15. The molecule has 0 unspecified atom stereocenters. The molecule has 0 spiro atoms. The molecule has 0 fully saturated rings. The third kappa shape index (κ3) is 3.61. The first kappa shape index (κ1) is 18.1. The number of benzene rings is 1. The third-order valence-electron chi connectivity index (χ3n) is 4.28. The topological polar surface area (TPSA) is 94.1 Å². The second kappa shape index (κ2) is 6.89. The summed E-state index contributed by atoms with van der Waals surface area (Å²) in [5, 5.41) is 9.76. The van der Waals surface area contributed by atoms with E-state index in [9.17, 15) is 8.42 Å². The fraction of sp³-hybridized carbons (Fsp3) is 0.222. The smallest absolute Gasteiger partial charge is 0.239 e. The highest BCUT2D eigenvalue weighted by Gasteiger charge is 2.16. The number of para-hydroxylation sites is 1. The van der Waals surface area contributed by atoms with Crippen molar-refractivity contribution in [2.24, 2.45) is 5.14 Å². The van der Waals surface area contributed by atoms with Crippen molar-refractivity contribution in [3.05, 3.63) is 65.6 Å². The summed E-state index contributed by atoms with van der Waals surface area (Å²) in [6, 6.07) is 13.1. The molecule has 0 aliphatic rings. The minimum Gasteiger partial charge on any atom is -0.355 e. The minimum atomic E-state index is -3.74. The molecule has 0 bridgehead atoms. The summed E-state index contributed by atoms with van der Waals surface area (Å²) in [6.45, 7) is 4.62. The number of sulfonamides is 1. The molecule has 3 aromatic rings. The number of nitrogens with zero attached hydrogens (tertiary/aromatic N) is 4. The number of anilines is 1. The highest BCUT2D eigenvalue weighted by atomic mass is 32.2. The Morgan fingerprint density at radius 2 is 1.81 bits per heavy atom. The molecule has 0 saturated carbocycles. The maximum Gasteiger partial charge on any atom is 0.239 e. The molecule has 136 valence electrons. The van der Waals surface area contributed by atoms with Gasteiger partial charge in [0.25, 0.3) is 0 Å². The Balaban J connectivity index is 1.86. The first-order chi connectivity index (χ1) is 12.3. The van der Waals surface area contributed by atoms with E-state index in [1.807, 2.05) is 60.8 Å². The van der Waals surface area contributed by atoms with Crippen molar-refractivity contribution in [3.63, 3.8) is 0 Å². The molecule has 0 radical (unpaired) electrons. The van der Waals surface area contributed by atoms with Gasteiger partial charge in [0.1, 0.15) is 10.7 Å². The Kier molecular flexibility index (Phi) is 4.80. The van der Waals surface area contributed by atoms with Gasteiger partial charge in [-0.15, -0.1) is 0 Å². The number of hydrogen-bond acceptors (Lipinski definition) is 5. The normalized spacial score (nSPS) is 11.5. The van der Waals surface area contributed by atoms with Crippen LogP contribution in [0.15, 0.2) is 53.6 Å². The van der Waals surface area contributed by atoms with Crippen LogP contribution in [0.1, 0.15) is 17.0 Å². The van der Waals surface area contributed by atoms with Crippen molar-refractivity contribution in [3.8, 4) is 5.69 Å². The number of pyridine rings is 1. The van der Waals surface area contributed by atoms with Gasteiger partial charge in [0.15, 0.2) is 0 Å². The van der Waals surface area contributed by atoms with Crippen LogP contribution in [0.25, 0.3) is 5.69 Å². The van der Waals surface area contributed by atoms with E-state index in [4.69, 9.17) is 5.14 Å². The van der Waals surface area contributed by atoms with Crippen molar-refractivity contribution in [1.29, 1.82) is 0 Å². The molecule has 0 aliphatic carbocycles. The summed E-state index contributed by atoms with van der Waals surface area (Å²) in [6.07, 6.45) is 1.27. The van der Waals surface area contributed by atoms with Gasteiger partial charge in [0, 0.05) is 31.0 Å². The van der Waals surface area contributed by atoms with Crippen LogP contribution in [-0.2, 0) is 16.6 Å². The highest BCUT2D eigenvalue weighted by molar-refractivity contribution is 7.89. The van der Waals surface area contributed by atoms with Crippen LogP contribution in [0.5, 0.6) is 0 Å². The van der Waals surface area contributed by atoms with Crippen LogP contribution >= 0.6 is 0 Å². The summed E-state index contributed by atoms with van der Waals surface area (Å²) in [5.74, 6) is 0.656. The molecule has 1 aromatic carbocycles. The van der Waals surface area contributed by atoms with E-state index >= 15 is 0 Å². The lowest BCUT2D eigenvalue weighted by atomic mass is 10.2. The second-order valence-corrected chi connectivity index (χ2v) is 7.71. The van der Waals surface area contributed by atoms with Gasteiger partial charge < -0.3 is 4.90 Å². The van der Waals surface area contributed by atoms with Crippen molar-refractivity contribution >= 4 is 15.8 Å². The van der Waals surface area contributed by atoms with E-state index < -0.39 is 10.0 Å². The predicted octanol–water partition coefficient (Wildman–Crippen LogP) is 2.17. The molecule has 7 nitrogen and oxygen atoms in total. The number of primary sulfonamides is 1. The van der Waals surface area contributed by atoms with E-state index in [0.29, 0.717) is 12.4 Å². The Morgan fingerprint density at radius 1 is 1.12 bits per heavy atom. The zero-order chi connectivity index (χ0) is 18.9. The van der Waals surface area contributed by atoms with E-state index in [-0.39, 0.29) is 4.90 Å². The van der Waals surface area contributed by atoms with Crippen molar-refractivity contribution in [2.75, 3.05) is 11.9 Å². The first-order valence-electron chi connectivity index (χ1n) is 8.08. The van der Waals surface area contributed by atoms with E-state index in [0.717, 1.165) is 22.6 Å². The Morgan fingerprint density at radius 3 is 2.38 bits per heavy atom. The fourth-order valence-electron chi connectivity index (χ4n) is 2.81. The summed E-state index contributed by atoms with van der Waals surface area (Å²) < 4.78 is 24.6. The number of hydrogen-bond donors (Lipinski definition) is 1. The zero-order valence-corrected chi connectivity index (χ0v) is 15.7. The average Bonchev–Trinajstić information content (AvgIpc) is 2.90. The molecule has 2 N–H and O–H groups in total. The maximum atomic E-state index is 11.3.